The van der Waals surface area contributed by atoms with Crippen LogP contribution in [0.25, 0.3) is 0 Å². The fraction of sp³-hybridized carbons (Fsp3) is 0.400. The highest BCUT2D eigenvalue weighted by Gasteiger charge is 2.32. The molecule has 2 unspecified atom stereocenters. The molecule has 0 aromatic heterocycles. The molecule has 0 saturated heterocycles. The Labute approximate surface area is 122 Å². The van der Waals surface area contributed by atoms with Gasteiger partial charge < -0.3 is 14.7 Å². The molecule has 0 saturated carbocycles. The number of fused-ring (bicyclic) bond motifs is 1. The van der Waals surface area contributed by atoms with Gasteiger partial charge in [0.2, 0.25) is 5.91 Å². The molecular weight excluding hydrogens is 274 g/mol. The summed E-state index contributed by atoms with van der Waals surface area (Å²) >= 11 is 0. The smallest absolute Gasteiger partial charge is 0.335 e. The SMILES string of the molecule is COC(=O)CC1CC2C=CC(C(=O)O)=CC2=CN(C)C1=O. The average molecular weight is 291 g/mol. The zero-order valence-electron chi connectivity index (χ0n) is 11.9. The number of rotatable bonds is 3. The summed E-state index contributed by atoms with van der Waals surface area (Å²) in [7, 11) is 2.90. The van der Waals surface area contributed by atoms with Crippen LogP contribution in [-0.2, 0) is 19.1 Å². The molecule has 0 fully saturated rings. The summed E-state index contributed by atoms with van der Waals surface area (Å²) in [5, 5.41) is 9.03. The number of ether oxygens (including phenoxy) is 1. The fourth-order valence-corrected chi connectivity index (χ4v) is 2.58. The van der Waals surface area contributed by atoms with Crippen molar-refractivity contribution < 1.29 is 24.2 Å². The predicted molar refractivity (Wildman–Crippen MR) is 73.9 cm³/mol. The number of aliphatic carboxylic acids is 1. The molecule has 1 amide bonds. The van der Waals surface area contributed by atoms with Crippen LogP contribution in [-0.4, -0.2) is 42.0 Å². The van der Waals surface area contributed by atoms with Crippen LogP contribution in [0.2, 0.25) is 0 Å². The van der Waals surface area contributed by atoms with Crippen molar-refractivity contribution in [3.63, 3.8) is 0 Å². The summed E-state index contributed by atoms with van der Waals surface area (Å²) < 4.78 is 4.63. The first kappa shape index (κ1) is 15.0. The topological polar surface area (TPSA) is 83.9 Å². The van der Waals surface area contributed by atoms with E-state index in [1.807, 2.05) is 0 Å². The van der Waals surface area contributed by atoms with Gasteiger partial charge in [-0.2, -0.15) is 0 Å². The number of amides is 1. The van der Waals surface area contributed by atoms with E-state index in [-0.39, 0.29) is 23.8 Å². The second kappa shape index (κ2) is 5.95. The summed E-state index contributed by atoms with van der Waals surface area (Å²) in [4.78, 5) is 36.1. The van der Waals surface area contributed by atoms with E-state index in [0.29, 0.717) is 6.42 Å². The molecule has 1 heterocycles. The zero-order valence-corrected chi connectivity index (χ0v) is 11.9. The number of carbonyl (C=O) groups is 3. The second-order valence-corrected chi connectivity index (χ2v) is 5.16. The highest BCUT2D eigenvalue weighted by Crippen LogP contribution is 2.33. The van der Waals surface area contributed by atoms with Crippen molar-refractivity contribution in [2.45, 2.75) is 12.8 Å². The van der Waals surface area contributed by atoms with Crippen LogP contribution in [0, 0.1) is 11.8 Å². The molecule has 0 bridgehead atoms. The monoisotopic (exact) mass is 291 g/mol. The van der Waals surface area contributed by atoms with Crippen LogP contribution in [0.5, 0.6) is 0 Å². The van der Waals surface area contributed by atoms with E-state index >= 15 is 0 Å². The lowest BCUT2D eigenvalue weighted by Crippen LogP contribution is -2.30. The van der Waals surface area contributed by atoms with Crippen LogP contribution in [0.15, 0.2) is 35.6 Å². The van der Waals surface area contributed by atoms with Crippen molar-refractivity contribution in [2.75, 3.05) is 14.2 Å². The predicted octanol–water partition coefficient (Wildman–Crippen LogP) is 1.11. The third-order valence-electron chi connectivity index (χ3n) is 3.72. The maximum Gasteiger partial charge on any atom is 0.335 e. The minimum Gasteiger partial charge on any atom is -0.478 e. The summed E-state index contributed by atoms with van der Waals surface area (Å²) in [6, 6.07) is 0. The molecule has 21 heavy (non-hydrogen) atoms. The maximum atomic E-state index is 12.3. The van der Waals surface area contributed by atoms with Gasteiger partial charge >= 0.3 is 11.9 Å². The third-order valence-corrected chi connectivity index (χ3v) is 3.72. The number of nitrogens with zero attached hydrogens (tertiary/aromatic N) is 1. The fourth-order valence-electron chi connectivity index (χ4n) is 2.58. The maximum absolute atomic E-state index is 12.3. The largest absolute Gasteiger partial charge is 0.478 e. The van der Waals surface area contributed by atoms with Crippen molar-refractivity contribution in [1.82, 2.24) is 4.90 Å². The van der Waals surface area contributed by atoms with E-state index in [1.165, 1.54) is 18.1 Å². The first-order valence-electron chi connectivity index (χ1n) is 6.60. The number of methoxy groups -OCH3 is 1. The van der Waals surface area contributed by atoms with Crippen molar-refractivity contribution in [1.29, 1.82) is 0 Å². The number of carboxylic acids is 1. The molecule has 112 valence electrons. The second-order valence-electron chi connectivity index (χ2n) is 5.16. The van der Waals surface area contributed by atoms with Crippen LogP contribution in [0.4, 0.5) is 0 Å². The molecule has 1 aliphatic carbocycles. The Morgan fingerprint density at radius 3 is 2.81 bits per heavy atom. The Morgan fingerprint density at radius 2 is 2.19 bits per heavy atom. The summed E-state index contributed by atoms with van der Waals surface area (Å²) in [6.45, 7) is 0. The number of carboxylic acid groups (broad SMARTS) is 1. The van der Waals surface area contributed by atoms with Crippen LogP contribution >= 0.6 is 0 Å². The van der Waals surface area contributed by atoms with Gasteiger partial charge in [0.05, 0.1) is 19.1 Å². The van der Waals surface area contributed by atoms with Gasteiger partial charge in [-0.05, 0) is 18.1 Å². The van der Waals surface area contributed by atoms with Crippen LogP contribution < -0.4 is 0 Å². The van der Waals surface area contributed by atoms with Crippen LogP contribution in [0.1, 0.15) is 12.8 Å². The van der Waals surface area contributed by atoms with E-state index in [4.69, 9.17) is 5.11 Å². The molecule has 6 nitrogen and oxygen atoms in total. The van der Waals surface area contributed by atoms with E-state index in [0.717, 1.165) is 5.57 Å². The van der Waals surface area contributed by atoms with E-state index in [9.17, 15) is 14.4 Å². The minimum absolute atomic E-state index is 0.0284. The molecule has 0 spiro atoms. The highest BCUT2D eigenvalue weighted by molar-refractivity contribution is 5.91. The first-order chi connectivity index (χ1) is 9.92. The van der Waals surface area contributed by atoms with Gasteiger partial charge in [0, 0.05) is 25.1 Å². The number of esters is 1. The van der Waals surface area contributed by atoms with Gasteiger partial charge in [-0.3, -0.25) is 9.59 Å². The Hall–Kier alpha value is -2.37. The molecule has 2 aliphatic rings. The molecule has 2 rings (SSSR count). The highest BCUT2D eigenvalue weighted by atomic mass is 16.5. The van der Waals surface area contributed by atoms with Gasteiger partial charge in [0.1, 0.15) is 0 Å². The lowest BCUT2D eigenvalue weighted by molar-refractivity contribution is -0.145. The number of carbonyl (C=O) groups excluding carboxylic acids is 2. The van der Waals surface area contributed by atoms with Crippen molar-refractivity contribution >= 4 is 17.8 Å². The first-order valence-corrected chi connectivity index (χ1v) is 6.60. The Morgan fingerprint density at radius 1 is 1.48 bits per heavy atom. The van der Waals surface area contributed by atoms with Crippen molar-refractivity contribution in [3.8, 4) is 0 Å². The minimum atomic E-state index is -1.00. The third kappa shape index (κ3) is 3.21. The summed E-state index contributed by atoms with van der Waals surface area (Å²) in [5.41, 5.74) is 0.947. The Kier molecular flexibility index (Phi) is 4.26. The van der Waals surface area contributed by atoms with Gasteiger partial charge in [-0.1, -0.05) is 12.2 Å². The molecular formula is C15H17NO5. The lowest BCUT2D eigenvalue weighted by Gasteiger charge is -2.19. The molecule has 1 N–H and O–H groups in total. The normalized spacial score (nSPS) is 24.7. The molecule has 0 aromatic rings. The van der Waals surface area contributed by atoms with Crippen molar-refractivity contribution in [2.24, 2.45) is 11.8 Å². The van der Waals surface area contributed by atoms with Gasteiger partial charge in [-0.25, -0.2) is 4.79 Å². The van der Waals surface area contributed by atoms with Gasteiger partial charge in [-0.15, -0.1) is 0 Å². The van der Waals surface area contributed by atoms with Crippen LogP contribution in [0.3, 0.4) is 0 Å². The van der Waals surface area contributed by atoms with E-state index in [2.05, 4.69) is 4.74 Å². The summed E-state index contributed by atoms with van der Waals surface area (Å²) in [5.74, 6) is -2.13. The number of hydrogen-bond acceptors (Lipinski definition) is 4. The van der Waals surface area contributed by atoms with E-state index in [1.54, 1.807) is 25.4 Å². The molecule has 0 radical (unpaired) electrons. The number of hydrogen-bond donors (Lipinski definition) is 1. The van der Waals surface area contributed by atoms with Crippen molar-refractivity contribution in [3.05, 3.63) is 35.6 Å². The number of allylic oxidation sites excluding steroid dienone is 3. The van der Waals surface area contributed by atoms with Gasteiger partial charge in [0.25, 0.3) is 0 Å². The Bertz CT molecular complexity index is 573. The molecule has 2 atom stereocenters. The van der Waals surface area contributed by atoms with Gasteiger partial charge in [0.15, 0.2) is 0 Å². The molecule has 1 aliphatic heterocycles. The zero-order chi connectivity index (χ0) is 15.6. The quantitative estimate of drug-likeness (QED) is 0.787. The summed E-state index contributed by atoms with van der Waals surface area (Å²) in [6.07, 6.45) is 7.00. The standard InChI is InChI=1S/C15H17NO5/c1-16-8-12-6-10(15(19)20)4-3-9(12)5-11(14(16)18)7-13(17)21-2/h3-4,6,8-9,11H,5,7H2,1-2H3,(H,19,20). The molecule has 0 aromatic carbocycles. The molecule has 6 heteroatoms. The Balaban J connectivity index is 2.26. The lowest BCUT2D eigenvalue weighted by atomic mass is 9.84. The average Bonchev–Trinajstić information content (AvgIpc) is 2.56. The van der Waals surface area contributed by atoms with E-state index < -0.39 is 17.9 Å².